The standard InChI is InChI=1S/C16H16N4O2/c1-11-5-2-3-6-13(11)10-21-14-8-4-7-12(9-14)15-19-20-16(18-17)22-15/h2-9H,10,17H2,1H3,(H,18,20). The van der Waals surface area contributed by atoms with E-state index in [9.17, 15) is 0 Å². The third kappa shape index (κ3) is 3.07. The van der Waals surface area contributed by atoms with E-state index in [1.54, 1.807) is 0 Å². The second-order valence-electron chi connectivity index (χ2n) is 4.80. The van der Waals surface area contributed by atoms with Crippen molar-refractivity contribution in [1.82, 2.24) is 10.2 Å². The van der Waals surface area contributed by atoms with Crippen molar-refractivity contribution in [1.29, 1.82) is 0 Å². The molecule has 0 saturated heterocycles. The molecule has 0 bridgehead atoms. The summed E-state index contributed by atoms with van der Waals surface area (Å²) >= 11 is 0. The second kappa shape index (κ2) is 6.28. The molecule has 3 aromatic rings. The normalized spacial score (nSPS) is 10.5. The van der Waals surface area contributed by atoms with Crippen LogP contribution in [0.15, 0.2) is 52.9 Å². The summed E-state index contributed by atoms with van der Waals surface area (Å²) in [6, 6.07) is 15.8. The van der Waals surface area contributed by atoms with E-state index in [4.69, 9.17) is 15.0 Å². The van der Waals surface area contributed by atoms with Crippen molar-refractivity contribution in [2.75, 3.05) is 5.43 Å². The summed E-state index contributed by atoms with van der Waals surface area (Å²) in [6.07, 6.45) is 0. The van der Waals surface area contributed by atoms with Crippen LogP contribution in [0.1, 0.15) is 11.1 Å². The number of hydrogen-bond acceptors (Lipinski definition) is 6. The molecule has 0 amide bonds. The van der Waals surface area contributed by atoms with E-state index in [-0.39, 0.29) is 6.01 Å². The van der Waals surface area contributed by atoms with Gasteiger partial charge in [0.05, 0.1) is 0 Å². The SMILES string of the molecule is Cc1ccccc1COc1cccc(-c2nnc(NN)o2)c1. The molecule has 0 radical (unpaired) electrons. The minimum atomic E-state index is 0.168. The fraction of sp³-hybridized carbons (Fsp3) is 0.125. The number of hydrogen-bond donors (Lipinski definition) is 2. The Hall–Kier alpha value is -2.86. The van der Waals surface area contributed by atoms with Crippen molar-refractivity contribution >= 4 is 6.01 Å². The van der Waals surface area contributed by atoms with E-state index in [2.05, 4.69) is 34.7 Å². The van der Waals surface area contributed by atoms with Gasteiger partial charge in [0.2, 0.25) is 5.89 Å². The number of hydrazine groups is 1. The van der Waals surface area contributed by atoms with Crippen molar-refractivity contribution in [2.45, 2.75) is 13.5 Å². The van der Waals surface area contributed by atoms with Gasteiger partial charge in [0.1, 0.15) is 12.4 Å². The summed E-state index contributed by atoms with van der Waals surface area (Å²) < 4.78 is 11.2. The van der Waals surface area contributed by atoms with E-state index in [0.717, 1.165) is 16.9 Å². The van der Waals surface area contributed by atoms with Crippen LogP contribution < -0.4 is 16.0 Å². The highest BCUT2D eigenvalue weighted by Crippen LogP contribution is 2.24. The summed E-state index contributed by atoms with van der Waals surface area (Å²) in [4.78, 5) is 0. The molecular formula is C16H16N4O2. The van der Waals surface area contributed by atoms with Gasteiger partial charge in [-0.15, -0.1) is 5.10 Å². The largest absolute Gasteiger partial charge is 0.489 e. The van der Waals surface area contributed by atoms with Crippen LogP contribution >= 0.6 is 0 Å². The summed E-state index contributed by atoms with van der Waals surface area (Å²) in [7, 11) is 0. The van der Waals surface area contributed by atoms with Gasteiger partial charge in [0.15, 0.2) is 0 Å². The van der Waals surface area contributed by atoms with Crippen molar-refractivity contribution < 1.29 is 9.15 Å². The molecule has 0 aliphatic carbocycles. The van der Waals surface area contributed by atoms with Gasteiger partial charge in [0.25, 0.3) is 0 Å². The molecule has 0 saturated carbocycles. The first-order valence-corrected chi connectivity index (χ1v) is 6.84. The Morgan fingerprint density at radius 1 is 1.14 bits per heavy atom. The predicted molar refractivity (Wildman–Crippen MR) is 83.1 cm³/mol. The molecule has 6 heteroatoms. The molecule has 22 heavy (non-hydrogen) atoms. The van der Waals surface area contributed by atoms with E-state index in [1.165, 1.54) is 5.56 Å². The Bertz CT molecular complexity index is 770. The molecule has 0 atom stereocenters. The van der Waals surface area contributed by atoms with Gasteiger partial charge in [-0.05, 0) is 36.2 Å². The molecule has 3 rings (SSSR count). The van der Waals surface area contributed by atoms with Crippen LogP contribution in [0.25, 0.3) is 11.5 Å². The zero-order chi connectivity index (χ0) is 15.4. The molecule has 0 aliphatic rings. The number of aromatic nitrogens is 2. The van der Waals surface area contributed by atoms with E-state index in [0.29, 0.717) is 12.5 Å². The number of nitrogens with one attached hydrogen (secondary N) is 1. The van der Waals surface area contributed by atoms with Crippen molar-refractivity contribution in [3.63, 3.8) is 0 Å². The number of anilines is 1. The average Bonchev–Trinajstić information content (AvgIpc) is 3.03. The first kappa shape index (κ1) is 14.1. The lowest BCUT2D eigenvalue weighted by atomic mass is 10.1. The predicted octanol–water partition coefficient (Wildman–Crippen LogP) is 2.91. The van der Waals surface area contributed by atoms with Crippen molar-refractivity contribution in [3.8, 4) is 17.2 Å². The lowest BCUT2D eigenvalue weighted by Crippen LogP contribution is -2.06. The highest BCUT2D eigenvalue weighted by molar-refractivity contribution is 5.56. The smallest absolute Gasteiger partial charge is 0.330 e. The first-order valence-electron chi connectivity index (χ1n) is 6.84. The lowest BCUT2D eigenvalue weighted by Gasteiger charge is -2.09. The molecular weight excluding hydrogens is 280 g/mol. The van der Waals surface area contributed by atoms with Gasteiger partial charge in [-0.25, -0.2) is 5.84 Å². The molecule has 0 aliphatic heterocycles. The molecule has 112 valence electrons. The molecule has 6 nitrogen and oxygen atoms in total. The van der Waals surface area contributed by atoms with Crippen LogP contribution in [-0.2, 0) is 6.61 Å². The van der Waals surface area contributed by atoms with Gasteiger partial charge in [-0.3, -0.25) is 5.43 Å². The van der Waals surface area contributed by atoms with Gasteiger partial charge < -0.3 is 9.15 Å². The van der Waals surface area contributed by atoms with E-state index in [1.807, 2.05) is 36.4 Å². The van der Waals surface area contributed by atoms with Crippen LogP contribution in [0.4, 0.5) is 6.01 Å². The Kier molecular flexibility index (Phi) is 4.02. The first-order chi connectivity index (χ1) is 10.8. The van der Waals surface area contributed by atoms with Crippen LogP contribution in [0.3, 0.4) is 0 Å². The molecule has 1 heterocycles. The molecule has 0 fully saturated rings. The number of nitrogens with zero attached hydrogens (tertiary/aromatic N) is 2. The number of nitrogens with two attached hydrogens (primary N) is 1. The van der Waals surface area contributed by atoms with Crippen LogP contribution in [0.2, 0.25) is 0 Å². The van der Waals surface area contributed by atoms with E-state index >= 15 is 0 Å². The molecule has 1 aromatic heterocycles. The van der Waals surface area contributed by atoms with E-state index < -0.39 is 0 Å². The highest BCUT2D eigenvalue weighted by atomic mass is 16.5. The second-order valence-corrected chi connectivity index (χ2v) is 4.80. The van der Waals surface area contributed by atoms with Crippen molar-refractivity contribution in [2.24, 2.45) is 5.84 Å². The minimum absolute atomic E-state index is 0.168. The number of rotatable bonds is 5. The number of ether oxygens (including phenoxy) is 1. The third-order valence-electron chi connectivity index (χ3n) is 3.29. The number of aryl methyl sites for hydroxylation is 1. The summed E-state index contributed by atoms with van der Waals surface area (Å²) in [6.45, 7) is 2.57. The Morgan fingerprint density at radius 3 is 2.77 bits per heavy atom. The monoisotopic (exact) mass is 296 g/mol. The quantitative estimate of drug-likeness (QED) is 0.556. The zero-order valence-corrected chi connectivity index (χ0v) is 12.1. The Morgan fingerprint density at radius 2 is 2.00 bits per heavy atom. The third-order valence-corrected chi connectivity index (χ3v) is 3.29. The molecule has 0 unspecified atom stereocenters. The fourth-order valence-corrected chi connectivity index (χ4v) is 2.05. The maximum Gasteiger partial charge on any atom is 0.330 e. The van der Waals surface area contributed by atoms with Gasteiger partial charge >= 0.3 is 6.01 Å². The summed E-state index contributed by atoms with van der Waals surface area (Å²) in [5.41, 5.74) is 5.44. The van der Waals surface area contributed by atoms with Crippen LogP contribution in [0, 0.1) is 6.92 Å². The number of nitrogen functional groups attached to an aromatic ring is 1. The minimum Gasteiger partial charge on any atom is -0.489 e. The lowest BCUT2D eigenvalue weighted by molar-refractivity contribution is 0.305. The Labute approximate surface area is 127 Å². The molecule has 0 spiro atoms. The van der Waals surface area contributed by atoms with Gasteiger partial charge in [-0.2, -0.15) is 0 Å². The number of benzene rings is 2. The van der Waals surface area contributed by atoms with Crippen LogP contribution in [0.5, 0.6) is 5.75 Å². The van der Waals surface area contributed by atoms with Crippen molar-refractivity contribution in [3.05, 3.63) is 59.7 Å². The Balaban J connectivity index is 1.75. The summed E-state index contributed by atoms with van der Waals surface area (Å²) in [5, 5.41) is 7.67. The topological polar surface area (TPSA) is 86.2 Å². The van der Waals surface area contributed by atoms with Gasteiger partial charge in [-0.1, -0.05) is 35.4 Å². The highest BCUT2D eigenvalue weighted by Gasteiger charge is 2.08. The zero-order valence-electron chi connectivity index (χ0n) is 12.1. The summed E-state index contributed by atoms with van der Waals surface area (Å²) in [5.74, 6) is 6.35. The fourth-order valence-electron chi connectivity index (χ4n) is 2.05. The average molecular weight is 296 g/mol. The van der Waals surface area contributed by atoms with Gasteiger partial charge in [0, 0.05) is 5.56 Å². The maximum atomic E-state index is 5.84. The maximum absolute atomic E-state index is 5.84. The van der Waals surface area contributed by atoms with Crippen LogP contribution in [-0.4, -0.2) is 10.2 Å². The molecule has 3 N–H and O–H groups in total. The molecule has 2 aromatic carbocycles.